The summed E-state index contributed by atoms with van der Waals surface area (Å²) in [7, 11) is -10.9. The third-order valence-electron chi connectivity index (χ3n) is 7.61. The van der Waals surface area contributed by atoms with E-state index >= 15 is 0 Å². The van der Waals surface area contributed by atoms with Crippen molar-refractivity contribution in [3.8, 4) is 11.5 Å². The summed E-state index contributed by atoms with van der Waals surface area (Å²) >= 11 is 0. The summed E-state index contributed by atoms with van der Waals surface area (Å²) in [5.41, 5.74) is -3.04. The van der Waals surface area contributed by atoms with Gasteiger partial charge in [-0.15, -0.1) is 0 Å². The molecular weight excluding hydrogens is 734 g/mol. The predicted octanol–water partition coefficient (Wildman–Crippen LogP) is 11.7. The van der Waals surface area contributed by atoms with E-state index < -0.39 is 109 Å². The average molecular weight is 761 g/mol. The minimum Gasteiger partial charge on any atom is -0.429 e. The molecule has 3 aromatic rings. The summed E-state index contributed by atoms with van der Waals surface area (Å²) in [5.74, 6) is -15.2. The summed E-state index contributed by atoms with van der Waals surface area (Å²) in [4.78, 5) is 9.02. The Morgan fingerprint density at radius 3 is 1.78 bits per heavy atom. The topological polar surface area (TPSA) is 44.8 Å². The Morgan fingerprint density at radius 1 is 0.740 bits per heavy atom. The van der Waals surface area contributed by atoms with Gasteiger partial charge in [-0.25, -0.2) is 22.0 Å². The highest BCUT2D eigenvalue weighted by Gasteiger charge is 2.69. The van der Waals surface area contributed by atoms with Crippen LogP contribution in [0.4, 0.5) is 58.9 Å². The molecule has 0 spiro atoms. The number of carbonyl (C=O) groups excluding carboxylic acids is 1. The van der Waals surface area contributed by atoms with Crippen LogP contribution in [0.2, 0.25) is 0 Å². The second-order valence-corrected chi connectivity index (χ2v) is 13.9. The fraction of sp³-hybridized carbons (Fsp3) is 0.387. The number of halogens is 14. The summed E-state index contributed by atoms with van der Waals surface area (Å²) in [5, 5.41) is 0. The van der Waals surface area contributed by atoms with E-state index in [1.807, 2.05) is 6.92 Å². The fourth-order valence-corrected chi connectivity index (χ4v) is 6.13. The summed E-state index contributed by atoms with van der Waals surface area (Å²) in [6.07, 6.45) is -9.56. The highest BCUT2D eigenvalue weighted by molar-refractivity contribution is 8.45. The number of unbranched alkanes of at least 4 members (excludes halogenated alkanes) is 1. The van der Waals surface area contributed by atoms with Crippen molar-refractivity contribution in [3.05, 3.63) is 88.2 Å². The Labute approximate surface area is 275 Å². The van der Waals surface area contributed by atoms with Gasteiger partial charge in [0.05, 0.1) is 12.0 Å². The van der Waals surface area contributed by atoms with E-state index in [1.54, 1.807) is 0 Å². The van der Waals surface area contributed by atoms with Gasteiger partial charge >= 0.3 is 28.4 Å². The molecule has 278 valence electrons. The monoisotopic (exact) mass is 760 g/mol. The molecule has 3 aromatic carbocycles. The number of hydrogen-bond acceptors (Lipinski definition) is 4. The Bertz CT molecular complexity index is 1710. The molecule has 4 rings (SSSR count). The average Bonchev–Trinajstić information content (AvgIpc) is 2.93. The number of hydrogen-bond donors (Lipinski definition) is 0. The zero-order chi connectivity index (χ0) is 37.5. The lowest BCUT2D eigenvalue weighted by Crippen LogP contribution is -2.33. The lowest BCUT2D eigenvalue weighted by atomic mass is 9.87. The van der Waals surface area contributed by atoms with Gasteiger partial charge in [0.2, 0.25) is 0 Å². The van der Waals surface area contributed by atoms with E-state index in [4.69, 9.17) is 9.47 Å². The van der Waals surface area contributed by atoms with Gasteiger partial charge in [-0.05, 0) is 68.4 Å². The van der Waals surface area contributed by atoms with Crippen LogP contribution in [0.1, 0.15) is 62.1 Å². The van der Waals surface area contributed by atoms with E-state index in [9.17, 15) is 63.7 Å². The molecule has 0 N–H and O–H groups in total. The van der Waals surface area contributed by atoms with Crippen molar-refractivity contribution in [2.45, 2.75) is 75.1 Å². The number of ether oxygens (including phenoxy) is 3. The maximum absolute atomic E-state index is 14.8. The smallest absolute Gasteiger partial charge is 0.429 e. The van der Waals surface area contributed by atoms with Crippen LogP contribution >= 0.6 is 10.2 Å². The van der Waals surface area contributed by atoms with Crippen LogP contribution in [0.3, 0.4) is 0 Å². The summed E-state index contributed by atoms with van der Waals surface area (Å²) in [6.45, 7) is 1.84. The minimum atomic E-state index is -10.9. The second kappa shape index (κ2) is 13.1. The van der Waals surface area contributed by atoms with Gasteiger partial charge in [0, 0.05) is 18.2 Å². The van der Waals surface area contributed by atoms with Gasteiger partial charge in [0.25, 0.3) is 0 Å². The van der Waals surface area contributed by atoms with Crippen LogP contribution in [-0.4, -0.2) is 12.1 Å². The molecule has 0 radical (unpaired) electrons. The lowest BCUT2D eigenvalue weighted by molar-refractivity contribution is -0.280. The van der Waals surface area contributed by atoms with E-state index in [-0.39, 0.29) is 49.8 Å². The number of alkyl halides is 4. The largest absolute Gasteiger partial charge is 0.429 e. The molecule has 19 heteroatoms. The Kier molecular flexibility index (Phi) is 10.2. The number of aryl methyl sites for hydroxylation is 1. The number of carbonyl (C=O) groups is 1. The molecule has 0 bridgehead atoms. The first-order valence-electron chi connectivity index (χ1n) is 14.7. The van der Waals surface area contributed by atoms with Gasteiger partial charge in [0.1, 0.15) is 40.1 Å². The highest BCUT2D eigenvalue weighted by atomic mass is 32.5. The Hall–Kier alpha value is -3.74. The van der Waals surface area contributed by atoms with E-state index in [2.05, 4.69) is 4.74 Å². The highest BCUT2D eigenvalue weighted by Crippen LogP contribution is 3.02. The molecule has 50 heavy (non-hydrogen) atoms. The van der Waals surface area contributed by atoms with Crippen LogP contribution in [0.25, 0.3) is 0 Å². The van der Waals surface area contributed by atoms with Crippen molar-refractivity contribution < 1.29 is 77.9 Å². The Balaban J connectivity index is 1.37. The van der Waals surface area contributed by atoms with Crippen molar-refractivity contribution in [1.82, 2.24) is 0 Å². The summed E-state index contributed by atoms with van der Waals surface area (Å²) < 4.78 is 208. The molecule has 0 atom stereocenters. The van der Waals surface area contributed by atoms with Crippen LogP contribution < -0.4 is 9.47 Å². The molecule has 1 saturated carbocycles. The van der Waals surface area contributed by atoms with Crippen LogP contribution in [0, 0.1) is 35.0 Å². The van der Waals surface area contributed by atoms with E-state index in [0.717, 1.165) is 12.1 Å². The van der Waals surface area contributed by atoms with Crippen molar-refractivity contribution in [2.24, 2.45) is 5.92 Å². The Morgan fingerprint density at radius 2 is 1.28 bits per heavy atom. The molecule has 1 aliphatic rings. The first kappa shape index (κ1) is 39.1. The second-order valence-electron chi connectivity index (χ2n) is 11.5. The molecule has 0 aromatic heterocycles. The first-order chi connectivity index (χ1) is 22.8. The zero-order valence-corrected chi connectivity index (χ0v) is 26.3. The molecule has 0 aliphatic heterocycles. The first-order valence-corrected chi connectivity index (χ1v) is 16.6. The van der Waals surface area contributed by atoms with Crippen molar-refractivity contribution in [1.29, 1.82) is 0 Å². The molecule has 0 saturated heterocycles. The van der Waals surface area contributed by atoms with E-state index in [1.165, 1.54) is 0 Å². The van der Waals surface area contributed by atoms with Crippen LogP contribution in [-0.2, 0) is 28.2 Å². The minimum absolute atomic E-state index is 0.138. The van der Waals surface area contributed by atoms with Gasteiger partial charge < -0.3 is 14.2 Å². The molecular formula is C31H26F14O4S. The predicted molar refractivity (Wildman–Crippen MR) is 150 cm³/mol. The normalized spacial score (nSPS) is 18.7. The van der Waals surface area contributed by atoms with Crippen molar-refractivity contribution in [2.75, 3.05) is 0 Å². The molecule has 0 heterocycles. The van der Waals surface area contributed by atoms with Crippen LogP contribution in [0.5, 0.6) is 11.5 Å². The van der Waals surface area contributed by atoms with E-state index in [0.29, 0.717) is 18.9 Å². The number of rotatable bonds is 12. The SMILES string of the molecule is CCCCc1cc(F)c(C(F)(F)OC2CCC(C(=O)Oc3ccc(C(F)(F)Oc4cc(F)c(S(F)(F)(F)(F)F)c(F)c4)c(F)c3)CC2)c(F)c1. The van der Waals surface area contributed by atoms with Gasteiger partial charge in [-0.2, -0.15) is 17.6 Å². The zero-order valence-electron chi connectivity index (χ0n) is 25.5. The van der Waals surface area contributed by atoms with Gasteiger partial charge in [-0.3, -0.25) is 4.79 Å². The van der Waals surface area contributed by atoms with Crippen LogP contribution in [0.15, 0.2) is 47.4 Å². The van der Waals surface area contributed by atoms with Crippen molar-refractivity contribution in [3.63, 3.8) is 0 Å². The molecule has 1 fully saturated rings. The quantitative estimate of drug-likeness (QED) is 0.105. The standard InChI is InChI=1S/C31H26F14O4S/c1-2-3-4-16-11-23(33)27(24(34)12-16)31(39,40)48-18-7-5-17(6-8-18)29(46)47-19-9-10-21(22(32)13-19)30(37,38)49-20-14-25(35)28(26(36)15-20)50(41,42,43,44)45/h9-15,17-18H,2-8H2,1H3. The molecule has 4 nitrogen and oxygen atoms in total. The summed E-state index contributed by atoms with van der Waals surface area (Å²) in [6, 6.07) is 1.58. The maximum atomic E-state index is 14.8. The molecule has 0 unspecified atom stereocenters. The third kappa shape index (κ3) is 9.13. The van der Waals surface area contributed by atoms with Gasteiger partial charge in [0.15, 0.2) is 16.5 Å². The maximum Gasteiger partial charge on any atom is 0.429 e. The number of benzene rings is 3. The lowest BCUT2D eigenvalue weighted by Gasteiger charge is -2.40. The van der Waals surface area contributed by atoms with Crippen molar-refractivity contribution >= 4 is 16.2 Å². The molecule has 1 aliphatic carbocycles. The third-order valence-corrected chi connectivity index (χ3v) is 8.77. The van der Waals surface area contributed by atoms with Gasteiger partial charge in [-0.1, -0.05) is 32.8 Å². The fourth-order valence-electron chi connectivity index (χ4n) is 5.28. The molecule has 0 amide bonds. The number of esters is 1.